The molecule has 21 heavy (non-hydrogen) atoms. The fraction of sp³-hybridized carbons (Fsp3) is 0.562. The van der Waals surface area contributed by atoms with Crippen LogP contribution < -0.4 is 5.32 Å². The summed E-state index contributed by atoms with van der Waals surface area (Å²) in [6.45, 7) is 8.33. The van der Waals surface area contributed by atoms with E-state index in [1.165, 1.54) is 5.56 Å². The standard InChI is InChI=1S/C16H24ClN3O/c1-16(2,13-4-6-14(17)7-5-13)12-18-15(21)20-10-8-19(3)9-11-20/h4-7H,8-12H2,1-3H3,(H,18,21). The van der Waals surface area contributed by atoms with Gasteiger partial charge in [-0.15, -0.1) is 0 Å². The zero-order valence-electron chi connectivity index (χ0n) is 13.0. The van der Waals surface area contributed by atoms with Gasteiger partial charge in [0.2, 0.25) is 0 Å². The lowest BCUT2D eigenvalue weighted by Crippen LogP contribution is -2.52. The predicted molar refractivity (Wildman–Crippen MR) is 86.9 cm³/mol. The average molecular weight is 310 g/mol. The van der Waals surface area contributed by atoms with Crippen molar-refractivity contribution >= 4 is 17.6 Å². The lowest BCUT2D eigenvalue weighted by atomic mass is 9.85. The molecule has 4 nitrogen and oxygen atoms in total. The second kappa shape index (κ2) is 6.67. The molecule has 2 rings (SSSR count). The molecule has 0 bridgehead atoms. The van der Waals surface area contributed by atoms with Gasteiger partial charge in [0, 0.05) is 43.2 Å². The summed E-state index contributed by atoms with van der Waals surface area (Å²) >= 11 is 5.92. The van der Waals surface area contributed by atoms with Crippen LogP contribution >= 0.6 is 11.6 Å². The molecule has 0 aliphatic carbocycles. The van der Waals surface area contributed by atoms with Gasteiger partial charge < -0.3 is 15.1 Å². The van der Waals surface area contributed by atoms with Gasteiger partial charge in [-0.2, -0.15) is 0 Å². The van der Waals surface area contributed by atoms with Gasteiger partial charge >= 0.3 is 6.03 Å². The Hall–Kier alpha value is -1.26. The van der Waals surface area contributed by atoms with Crippen molar-refractivity contribution < 1.29 is 4.79 Å². The van der Waals surface area contributed by atoms with Crippen molar-refractivity contribution in [3.63, 3.8) is 0 Å². The van der Waals surface area contributed by atoms with E-state index in [0.29, 0.717) is 6.54 Å². The smallest absolute Gasteiger partial charge is 0.317 e. The van der Waals surface area contributed by atoms with Gasteiger partial charge in [0.05, 0.1) is 0 Å². The van der Waals surface area contributed by atoms with Crippen LogP contribution in [0.15, 0.2) is 24.3 Å². The minimum absolute atomic E-state index is 0.0325. The molecule has 1 aliphatic heterocycles. The number of likely N-dealkylation sites (N-methyl/N-ethyl adjacent to an activating group) is 1. The molecule has 0 saturated carbocycles. The van der Waals surface area contributed by atoms with E-state index in [9.17, 15) is 4.79 Å². The van der Waals surface area contributed by atoms with Crippen molar-refractivity contribution in [3.8, 4) is 0 Å². The number of rotatable bonds is 3. The molecule has 0 radical (unpaired) electrons. The van der Waals surface area contributed by atoms with E-state index in [2.05, 4.69) is 31.1 Å². The molecule has 116 valence electrons. The molecule has 0 unspecified atom stereocenters. The molecule has 1 aliphatic rings. The first-order valence-corrected chi connectivity index (χ1v) is 7.74. The highest BCUT2D eigenvalue weighted by Gasteiger charge is 2.24. The molecule has 5 heteroatoms. The van der Waals surface area contributed by atoms with E-state index in [1.807, 2.05) is 29.2 Å². The highest BCUT2D eigenvalue weighted by atomic mass is 35.5. The highest BCUT2D eigenvalue weighted by Crippen LogP contribution is 2.23. The number of urea groups is 1. The zero-order chi connectivity index (χ0) is 15.5. The Bertz CT molecular complexity index is 479. The van der Waals surface area contributed by atoms with Crippen LogP contribution in [0.4, 0.5) is 4.79 Å². The SMILES string of the molecule is CN1CCN(C(=O)NCC(C)(C)c2ccc(Cl)cc2)CC1. The number of benzene rings is 1. The number of halogens is 1. The van der Waals surface area contributed by atoms with Crippen molar-refractivity contribution in [1.82, 2.24) is 15.1 Å². The maximum Gasteiger partial charge on any atom is 0.317 e. The second-order valence-electron chi connectivity index (χ2n) is 6.34. The van der Waals surface area contributed by atoms with E-state index in [4.69, 9.17) is 11.6 Å². The summed E-state index contributed by atoms with van der Waals surface area (Å²) < 4.78 is 0. The third-order valence-corrected chi connectivity index (χ3v) is 4.35. The van der Waals surface area contributed by atoms with Gasteiger partial charge in [-0.1, -0.05) is 37.6 Å². The van der Waals surface area contributed by atoms with Gasteiger partial charge in [-0.05, 0) is 24.7 Å². The summed E-state index contributed by atoms with van der Waals surface area (Å²) in [5.41, 5.74) is 1.05. The minimum Gasteiger partial charge on any atom is -0.337 e. The highest BCUT2D eigenvalue weighted by molar-refractivity contribution is 6.30. The molecule has 1 saturated heterocycles. The Morgan fingerprint density at radius 2 is 1.76 bits per heavy atom. The second-order valence-corrected chi connectivity index (χ2v) is 6.78. The van der Waals surface area contributed by atoms with Crippen molar-refractivity contribution in [2.45, 2.75) is 19.3 Å². The largest absolute Gasteiger partial charge is 0.337 e. The predicted octanol–water partition coefficient (Wildman–Crippen LogP) is 2.57. The van der Waals surface area contributed by atoms with Gasteiger partial charge in [0.15, 0.2) is 0 Å². The summed E-state index contributed by atoms with van der Waals surface area (Å²) in [5, 5.41) is 3.79. The van der Waals surface area contributed by atoms with E-state index in [-0.39, 0.29) is 11.4 Å². The zero-order valence-corrected chi connectivity index (χ0v) is 13.8. The Morgan fingerprint density at radius 1 is 1.19 bits per heavy atom. The number of hydrogen-bond donors (Lipinski definition) is 1. The van der Waals surface area contributed by atoms with Gasteiger partial charge in [0.1, 0.15) is 0 Å². The van der Waals surface area contributed by atoms with E-state index < -0.39 is 0 Å². The molecule has 1 aromatic carbocycles. The molecule has 1 N–H and O–H groups in total. The fourth-order valence-corrected chi connectivity index (χ4v) is 2.55. The lowest BCUT2D eigenvalue weighted by molar-refractivity contribution is 0.153. The summed E-state index contributed by atoms with van der Waals surface area (Å²) in [6, 6.07) is 7.85. The van der Waals surface area contributed by atoms with Crippen LogP contribution in [0.2, 0.25) is 5.02 Å². The number of carbonyl (C=O) groups is 1. The summed E-state index contributed by atoms with van der Waals surface area (Å²) in [7, 11) is 2.08. The van der Waals surface area contributed by atoms with Gasteiger partial charge in [-0.3, -0.25) is 0 Å². The number of carbonyl (C=O) groups excluding carboxylic acids is 1. The molecule has 0 spiro atoms. The number of amides is 2. The van der Waals surface area contributed by atoms with E-state index >= 15 is 0 Å². The monoisotopic (exact) mass is 309 g/mol. The van der Waals surface area contributed by atoms with Crippen LogP contribution in [0.25, 0.3) is 0 Å². The molecule has 1 heterocycles. The third kappa shape index (κ3) is 4.35. The molecule has 1 aromatic rings. The van der Waals surface area contributed by atoms with Crippen LogP contribution in [0.3, 0.4) is 0 Å². The first-order chi connectivity index (χ1) is 9.88. The molecular formula is C16H24ClN3O. The molecule has 0 atom stereocenters. The Kier molecular flexibility index (Phi) is 5.12. The van der Waals surface area contributed by atoms with Crippen molar-refractivity contribution in [2.24, 2.45) is 0 Å². The Morgan fingerprint density at radius 3 is 2.33 bits per heavy atom. The van der Waals surface area contributed by atoms with Crippen LogP contribution in [0.1, 0.15) is 19.4 Å². The van der Waals surface area contributed by atoms with E-state index in [1.54, 1.807) is 0 Å². The number of nitrogens with zero attached hydrogens (tertiary/aromatic N) is 2. The molecule has 2 amide bonds. The molecule has 1 fully saturated rings. The van der Waals surface area contributed by atoms with Crippen molar-refractivity contribution in [1.29, 1.82) is 0 Å². The first-order valence-electron chi connectivity index (χ1n) is 7.36. The summed E-state index contributed by atoms with van der Waals surface area (Å²) in [4.78, 5) is 16.3. The molecular weight excluding hydrogens is 286 g/mol. The lowest BCUT2D eigenvalue weighted by Gasteiger charge is -2.34. The summed E-state index contributed by atoms with van der Waals surface area (Å²) in [5.74, 6) is 0. The van der Waals surface area contributed by atoms with Crippen LogP contribution in [0, 0.1) is 0 Å². The molecule has 0 aromatic heterocycles. The van der Waals surface area contributed by atoms with Crippen LogP contribution in [-0.2, 0) is 5.41 Å². The topological polar surface area (TPSA) is 35.6 Å². The van der Waals surface area contributed by atoms with Crippen molar-refractivity contribution in [2.75, 3.05) is 39.8 Å². The number of nitrogens with one attached hydrogen (secondary N) is 1. The van der Waals surface area contributed by atoms with Gasteiger partial charge in [-0.25, -0.2) is 4.79 Å². The van der Waals surface area contributed by atoms with Gasteiger partial charge in [0.25, 0.3) is 0 Å². The minimum atomic E-state index is -0.118. The van der Waals surface area contributed by atoms with Crippen LogP contribution in [0.5, 0.6) is 0 Å². The fourth-order valence-electron chi connectivity index (χ4n) is 2.42. The van der Waals surface area contributed by atoms with Crippen LogP contribution in [-0.4, -0.2) is 55.6 Å². The number of piperazine rings is 1. The van der Waals surface area contributed by atoms with E-state index in [0.717, 1.165) is 31.2 Å². The Balaban J connectivity index is 1.89. The summed E-state index contributed by atoms with van der Waals surface area (Å²) in [6.07, 6.45) is 0. The number of hydrogen-bond acceptors (Lipinski definition) is 2. The normalized spacial score (nSPS) is 16.9. The first kappa shape index (κ1) is 16.1. The van der Waals surface area contributed by atoms with Crippen molar-refractivity contribution in [3.05, 3.63) is 34.9 Å². The maximum atomic E-state index is 12.2. The average Bonchev–Trinajstić information content (AvgIpc) is 2.46. The maximum absolute atomic E-state index is 12.2. The quantitative estimate of drug-likeness (QED) is 0.931. The third-order valence-electron chi connectivity index (χ3n) is 4.10. The Labute approximate surface area is 132 Å².